The topological polar surface area (TPSA) is 151 Å². The van der Waals surface area contributed by atoms with Crippen LogP contribution < -0.4 is 21.7 Å². The average molecular weight is 442 g/mol. The molecule has 0 aromatic carbocycles. The van der Waals surface area contributed by atoms with Crippen LogP contribution in [0.1, 0.15) is 19.8 Å². The molecule has 10 nitrogen and oxygen atoms in total. The van der Waals surface area contributed by atoms with Gasteiger partial charge in [0.25, 0.3) is 0 Å². The van der Waals surface area contributed by atoms with Crippen LogP contribution in [0.15, 0.2) is 24.3 Å². The van der Waals surface area contributed by atoms with Crippen LogP contribution in [0.2, 0.25) is 0 Å². The monoisotopic (exact) mass is 441 g/mol. The summed E-state index contributed by atoms with van der Waals surface area (Å²) in [5.74, 6) is -1.79. The Morgan fingerprint density at radius 2 is 1.83 bits per heavy atom. The lowest BCUT2D eigenvalue weighted by molar-refractivity contribution is -0.139. The van der Waals surface area contributed by atoms with Gasteiger partial charge in [-0.25, -0.2) is 0 Å². The number of carbonyl (C=O) groups excluding carboxylic acids is 5. The van der Waals surface area contributed by atoms with Gasteiger partial charge in [0.15, 0.2) is 0 Å². The van der Waals surface area contributed by atoms with Gasteiger partial charge in [-0.3, -0.25) is 19.2 Å². The minimum atomic E-state index is -0.990. The fraction of sp³-hybridized carbons (Fsp3) is 0.526. The van der Waals surface area contributed by atoms with E-state index in [-0.39, 0.29) is 38.4 Å². The number of hydrogen-bond donors (Lipinski definition) is 5. The highest BCUT2D eigenvalue weighted by Crippen LogP contribution is 2.04. The molecule has 0 aliphatic carbocycles. The van der Waals surface area contributed by atoms with E-state index in [9.17, 15) is 24.0 Å². The molecular formula is C19H31N5O5S. The molecule has 168 valence electrons. The van der Waals surface area contributed by atoms with Gasteiger partial charge < -0.3 is 31.4 Å². The van der Waals surface area contributed by atoms with E-state index in [1.807, 2.05) is 6.92 Å². The van der Waals surface area contributed by atoms with Gasteiger partial charge >= 0.3 is 0 Å². The van der Waals surface area contributed by atoms with Crippen molar-refractivity contribution in [1.82, 2.24) is 20.9 Å². The largest absolute Gasteiger partial charge is 0.354 e. The zero-order valence-electron chi connectivity index (χ0n) is 17.3. The maximum Gasteiger partial charge on any atom is 0.244 e. The third kappa shape index (κ3) is 12.0. The fourth-order valence-electron chi connectivity index (χ4n) is 2.17. The number of thiol groups is 1. The molecular weight excluding hydrogens is 410 g/mol. The van der Waals surface area contributed by atoms with Crippen LogP contribution in [0.3, 0.4) is 0 Å². The van der Waals surface area contributed by atoms with Gasteiger partial charge in [-0.1, -0.05) is 24.3 Å². The summed E-state index contributed by atoms with van der Waals surface area (Å²) in [5.41, 5.74) is 6.44. The number of likely N-dealkylation sites (N-methyl/N-ethyl adjacent to an activating group) is 1. The lowest BCUT2D eigenvalue weighted by Crippen LogP contribution is -2.53. The molecule has 0 bridgehead atoms. The minimum Gasteiger partial charge on any atom is -0.354 e. The summed E-state index contributed by atoms with van der Waals surface area (Å²) in [6, 6.07) is -0.990. The zero-order chi connectivity index (χ0) is 23.1. The first-order valence-electron chi connectivity index (χ1n) is 9.34. The molecule has 0 radical (unpaired) electrons. The van der Waals surface area contributed by atoms with Crippen molar-refractivity contribution in [1.29, 1.82) is 0 Å². The number of aldehydes is 1. The van der Waals surface area contributed by atoms with Gasteiger partial charge in [0.05, 0.1) is 11.8 Å². The molecule has 0 aromatic rings. The average Bonchev–Trinajstić information content (AvgIpc) is 2.69. The predicted molar refractivity (Wildman–Crippen MR) is 117 cm³/mol. The summed E-state index contributed by atoms with van der Waals surface area (Å²) in [7, 11) is 1.38. The minimum absolute atomic E-state index is 0.0882. The number of hydrogen-bond acceptors (Lipinski definition) is 7. The van der Waals surface area contributed by atoms with Crippen molar-refractivity contribution in [3.05, 3.63) is 24.3 Å². The molecule has 0 rings (SSSR count). The van der Waals surface area contributed by atoms with E-state index in [1.165, 1.54) is 7.05 Å². The predicted octanol–water partition coefficient (Wildman–Crippen LogP) is -1.47. The van der Waals surface area contributed by atoms with Crippen molar-refractivity contribution in [3.8, 4) is 0 Å². The fourth-order valence-corrected chi connectivity index (χ4v) is 2.33. The Balaban J connectivity index is 4.27. The zero-order valence-corrected chi connectivity index (χ0v) is 18.2. The second-order valence-corrected chi connectivity index (χ2v) is 7.20. The molecule has 2 atom stereocenters. The molecule has 0 aromatic heterocycles. The van der Waals surface area contributed by atoms with E-state index < -0.39 is 29.0 Å². The second-order valence-electron chi connectivity index (χ2n) is 6.53. The Labute approximate surface area is 182 Å². The number of nitrogens with two attached hydrogens (primary N) is 1. The van der Waals surface area contributed by atoms with Gasteiger partial charge in [0.2, 0.25) is 23.6 Å². The maximum absolute atomic E-state index is 12.2. The third-order valence-corrected chi connectivity index (χ3v) is 4.15. The first-order valence-corrected chi connectivity index (χ1v) is 9.86. The Bertz CT molecular complexity index is 668. The summed E-state index contributed by atoms with van der Waals surface area (Å²) >= 11 is 3.92. The quantitative estimate of drug-likeness (QED) is 0.126. The molecule has 0 aliphatic heterocycles. The lowest BCUT2D eigenvalue weighted by Gasteiger charge is -2.26. The smallest absolute Gasteiger partial charge is 0.244 e. The van der Waals surface area contributed by atoms with E-state index >= 15 is 0 Å². The van der Waals surface area contributed by atoms with Crippen molar-refractivity contribution in [2.45, 2.75) is 31.1 Å². The van der Waals surface area contributed by atoms with E-state index in [2.05, 4.69) is 35.2 Å². The van der Waals surface area contributed by atoms with Crippen molar-refractivity contribution in [3.63, 3.8) is 0 Å². The number of carbonyl (C=O) groups is 5. The highest BCUT2D eigenvalue weighted by Gasteiger charge is 2.26. The van der Waals surface area contributed by atoms with E-state index in [1.54, 1.807) is 12.2 Å². The summed E-state index contributed by atoms with van der Waals surface area (Å²) in [6.07, 6.45) is 3.99. The first-order chi connectivity index (χ1) is 14.1. The number of rotatable bonds is 14. The highest BCUT2D eigenvalue weighted by atomic mass is 32.1. The van der Waals surface area contributed by atoms with Crippen molar-refractivity contribution in [2.75, 3.05) is 33.2 Å². The van der Waals surface area contributed by atoms with Crippen LogP contribution in [-0.4, -0.2) is 79.3 Å². The number of allylic oxidation sites excluding steroid dienone is 2. The standard InChI is InChI=1S/C19H31N5O5S/c1-13(2)5-4-7-21-16(26)6-8-22-17(27)11-23-19(29)15(10-20)24(3)18(28)9-14(30)12-25/h4-5,12,14-15,30H,1,6-11,20H2,2-3H3,(H,21,26)(H,22,27)(H,23,29)/b5-4+. The van der Waals surface area contributed by atoms with Crippen LogP contribution >= 0.6 is 12.6 Å². The van der Waals surface area contributed by atoms with E-state index in [4.69, 9.17) is 5.73 Å². The summed E-state index contributed by atoms with van der Waals surface area (Å²) in [5, 5.41) is 6.80. The van der Waals surface area contributed by atoms with Gasteiger partial charge in [0, 0.05) is 39.5 Å². The van der Waals surface area contributed by atoms with Crippen LogP contribution in [-0.2, 0) is 24.0 Å². The van der Waals surface area contributed by atoms with Gasteiger partial charge in [-0.05, 0) is 6.92 Å². The maximum atomic E-state index is 12.2. The third-order valence-electron chi connectivity index (χ3n) is 3.84. The lowest BCUT2D eigenvalue weighted by atomic mass is 10.2. The Hall–Kier alpha value is -2.66. The highest BCUT2D eigenvalue weighted by molar-refractivity contribution is 7.81. The molecule has 0 fully saturated rings. The molecule has 30 heavy (non-hydrogen) atoms. The molecule has 2 unspecified atom stereocenters. The van der Waals surface area contributed by atoms with Crippen molar-refractivity contribution in [2.24, 2.45) is 5.73 Å². The Morgan fingerprint density at radius 1 is 1.17 bits per heavy atom. The number of amides is 4. The molecule has 0 aliphatic rings. The van der Waals surface area contributed by atoms with Crippen LogP contribution in [0.4, 0.5) is 0 Å². The summed E-state index contributed by atoms with van der Waals surface area (Å²) in [6.45, 7) is 5.52. The molecule has 0 saturated carbocycles. The SMILES string of the molecule is C=C(C)/C=C/CNC(=O)CCNC(=O)CNC(=O)C(CN)N(C)C(=O)CC(S)C=O. The molecule has 0 heterocycles. The van der Waals surface area contributed by atoms with Gasteiger partial charge in [0.1, 0.15) is 12.3 Å². The molecule has 0 saturated heterocycles. The molecule has 4 amide bonds. The normalized spacial score (nSPS) is 12.5. The summed E-state index contributed by atoms with van der Waals surface area (Å²) in [4.78, 5) is 59.5. The molecule has 5 N–H and O–H groups in total. The van der Waals surface area contributed by atoms with Crippen molar-refractivity contribution >= 4 is 42.5 Å². The summed E-state index contributed by atoms with van der Waals surface area (Å²) < 4.78 is 0. The van der Waals surface area contributed by atoms with Crippen LogP contribution in [0.25, 0.3) is 0 Å². The first kappa shape index (κ1) is 27.3. The van der Waals surface area contributed by atoms with Crippen molar-refractivity contribution < 1.29 is 24.0 Å². The number of nitrogens with zero attached hydrogens (tertiary/aromatic N) is 1. The second kappa shape index (κ2) is 15.2. The number of nitrogens with one attached hydrogen (secondary N) is 3. The molecule has 11 heteroatoms. The van der Waals surface area contributed by atoms with E-state index in [0.717, 1.165) is 10.5 Å². The van der Waals surface area contributed by atoms with Crippen LogP contribution in [0, 0.1) is 0 Å². The Kier molecular flexibility index (Phi) is 13.9. The Morgan fingerprint density at radius 3 is 2.40 bits per heavy atom. The van der Waals surface area contributed by atoms with Gasteiger partial charge in [-0.2, -0.15) is 12.6 Å². The van der Waals surface area contributed by atoms with E-state index in [0.29, 0.717) is 12.8 Å². The van der Waals surface area contributed by atoms with Crippen LogP contribution in [0.5, 0.6) is 0 Å². The van der Waals surface area contributed by atoms with Gasteiger partial charge in [-0.15, -0.1) is 0 Å². The molecule has 0 spiro atoms.